The molecule has 13 heteroatoms. The minimum Gasteiger partial charge on any atom is -0.467 e. The number of fused-ring (bicyclic) bond motifs is 1. The summed E-state index contributed by atoms with van der Waals surface area (Å²) in [4.78, 5) is 69.6. The molecular weight excluding hydrogens is 650 g/mol. The Kier molecular flexibility index (Phi) is 13.2. The van der Waals surface area contributed by atoms with Crippen LogP contribution in [0.4, 0.5) is 0 Å². The maximum absolute atomic E-state index is 14.0. The first-order chi connectivity index (χ1) is 23.6. The lowest BCUT2D eigenvalue weighted by atomic mass is 9.99. The average molecular weight is 688 g/mol. The number of esters is 1. The summed E-state index contributed by atoms with van der Waals surface area (Å²) in [5.41, 5.74) is 2.05. The zero-order valence-corrected chi connectivity index (χ0v) is 27.8. The number of pyridine rings is 1. The summed E-state index contributed by atoms with van der Waals surface area (Å²) in [5.74, 6) is -3.40. The van der Waals surface area contributed by atoms with Crippen LogP contribution >= 0.6 is 11.6 Å². The van der Waals surface area contributed by atoms with Crippen molar-refractivity contribution in [3.8, 4) is 0 Å². The van der Waals surface area contributed by atoms with Gasteiger partial charge in [-0.05, 0) is 45.7 Å². The highest BCUT2D eigenvalue weighted by molar-refractivity contribution is 6.30. The van der Waals surface area contributed by atoms with Gasteiger partial charge in [0.05, 0.1) is 13.7 Å². The monoisotopic (exact) mass is 687 g/mol. The van der Waals surface area contributed by atoms with Crippen LogP contribution in [0.5, 0.6) is 0 Å². The van der Waals surface area contributed by atoms with Crippen molar-refractivity contribution in [3.05, 3.63) is 113 Å². The second kappa shape index (κ2) is 17.7. The molecule has 0 aliphatic heterocycles. The number of hydrogen-bond donors (Lipinski definition) is 5. The molecule has 0 saturated heterocycles. The number of nitrogens with zero attached hydrogens (tertiary/aromatic N) is 1. The summed E-state index contributed by atoms with van der Waals surface area (Å²) >= 11 is 6.08. The molecule has 49 heavy (non-hydrogen) atoms. The number of carbonyl (C=O) groups excluding carboxylic acids is 5. The highest BCUT2D eigenvalue weighted by Gasteiger charge is 2.32. The van der Waals surface area contributed by atoms with Crippen LogP contribution in [0.15, 0.2) is 91.3 Å². The van der Waals surface area contributed by atoms with Crippen LogP contribution in [0.2, 0.25) is 5.02 Å². The highest BCUT2D eigenvalue weighted by atomic mass is 35.5. The van der Waals surface area contributed by atoms with Crippen molar-refractivity contribution >= 4 is 52.0 Å². The quantitative estimate of drug-likeness (QED) is 0.118. The number of aliphatic hydroxyl groups excluding tert-OH is 1. The Morgan fingerprint density at radius 1 is 0.694 bits per heavy atom. The average Bonchev–Trinajstić information content (AvgIpc) is 3.10. The molecule has 0 radical (unpaired) electrons. The zero-order chi connectivity index (χ0) is 35.3. The van der Waals surface area contributed by atoms with E-state index in [1.165, 1.54) is 13.1 Å². The van der Waals surface area contributed by atoms with Crippen molar-refractivity contribution in [1.82, 2.24) is 26.3 Å². The number of aromatic nitrogens is 1. The lowest BCUT2D eigenvalue weighted by molar-refractivity contribution is -0.146. The van der Waals surface area contributed by atoms with E-state index in [1.807, 2.05) is 42.5 Å². The van der Waals surface area contributed by atoms with Crippen LogP contribution < -0.4 is 21.3 Å². The van der Waals surface area contributed by atoms with Crippen molar-refractivity contribution in [1.29, 1.82) is 0 Å². The maximum atomic E-state index is 14.0. The van der Waals surface area contributed by atoms with Gasteiger partial charge in [0.1, 0.15) is 18.1 Å². The lowest BCUT2D eigenvalue weighted by Crippen LogP contribution is -2.59. The molecule has 5 N–H and O–H groups in total. The van der Waals surface area contributed by atoms with E-state index in [1.54, 1.807) is 42.6 Å². The Labute approximate surface area is 288 Å². The molecule has 4 atom stereocenters. The van der Waals surface area contributed by atoms with Crippen LogP contribution in [0, 0.1) is 0 Å². The number of benzene rings is 3. The number of aliphatic hydroxyl groups is 1. The summed E-state index contributed by atoms with van der Waals surface area (Å²) in [6.07, 6.45) is 3.21. The second-order valence-electron chi connectivity index (χ2n) is 11.4. The fourth-order valence-electron chi connectivity index (χ4n) is 5.22. The van der Waals surface area contributed by atoms with Crippen LogP contribution in [0.1, 0.15) is 23.6 Å². The first-order valence-electron chi connectivity index (χ1n) is 15.5. The first kappa shape index (κ1) is 36.5. The number of amides is 4. The third-order valence-electron chi connectivity index (χ3n) is 7.71. The predicted octanol–water partition coefficient (Wildman–Crippen LogP) is 2.04. The van der Waals surface area contributed by atoms with Crippen LogP contribution in [0.25, 0.3) is 10.8 Å². The molecule has 0 spiro atoms. The molecule has 4 aromatic rings. The van der Waals surface area contributed by atoms with Gasteiger partial charge in [0.25, 0.3) is 0 Å². The molecule has 3 aromatic carbocycles. The Morgan fingerprint density at radius 2 is 1.24 bits per heavy atom. The Morgan fingerprint density at radius 3 is 1.82 bits per heavy atom. The van der Waals surface area contributed by atoms with E-state index in [-0.39, 0.29) is 19.3 Å². The van der Waals surface area contributed by atoms with E-state index < -0.39 is 60.4 Å². The van der Waals surface area contributed by atoms with Gasteiger partial charge in [0.15, 0.2) is 6.04 Å². The number of carbonyl (C=O) groups is 5. The fraction of sp³-hybridized carbons (Fsp3) is 0.278. The molecule has 4 rings (SSSR count). The Balaban J connectivity index is 1.60. The second-order valence-corrected chi connectivity index (χ2v) is 11.9. The molecule has 0 aliphatic carbocycles. The largest absolute Gasteiger partial charge is 0.467 e. The Bertz CT molecular complexity index is 1770. The van der Waals surface area contributed by atoms with Gasteiger partial charge in [0.2, 0.25) is 23.6 Å². The van der Waals surface area contributed by atoms with Gasteiger partial charge in [-0.15, -0.1) is 0 Å². The van der Waals surface area contributed by atoms with Gasteiger partial charge in [-0.25, -0.2) is 4.79 Å². The van der Waals surface area contributed by atoms with E-state index >= 15 is 0 Å². The van der Waals surface area contributed by atoms with Crippen molar-refractivity contribution in [2.75, 3.05) is 13.7 Å². The minimum atomic E-state index is -1.37. The standard InChI is InChI=1S/C36H38ClN5O7/c1-22(44)39-29(18-24-9-12-26-7-3-4-8-27(26)16-24)33(45)40-30(17-23-10-13-28(37)14-11-23)34(46)41-31(19-25-6-5-15-38-20-25)35(47)42-32(21-43)36(48)49-2/h3-16,20,29-32,43H,17-19,21H2,1-2H3,(H,39,44)(H,40,45)(H,41,46)(H,42,47)/t29-,30-,31-,32+/m1/s1. The normalized spacial score (nSPS) is 13.3. The molecule has 1 aromatic heterocycles. The molecule has 4 amide bonds. The van der Waals surface area contributed by atoms with Crippen molar-refractivity contribution in [2.24, 2.45) is 0 Å². The summed E-state index contributed by atoms with van der Waals surface area (Å²) in [6, 6.07) is 18.7. The van der Waals surface area contributed by atoms with Gasteiger partial charge >= 0.3 is 5.97 Å². The van der Waals surface area contributed by atoms with Crippen molar-refractivity contribution < 1.29 is 33.8 Å². The van der Waals surface area contributed by atoms with Crippen molar-refractivity contribution in [2.45, 2.75) is 50.4 Å². The number of nitrogens with one attached hydrogen (secondary N) is 4. The van der Waals surface area contributed by atoms with E-state index in [9.17, 15) is 29.1 Å². The molecule has 1 heterocycles. The first-order valence-corrected chi connectivity index (χ1v) is 15.9. The number of rotatable bonds is 15. The number of hydrogen-bond acceptors (Lipinski definition) is 8. The molecule has 0 aliphatic rings. The van der Waals surface area contributed by atoms with Gasteiger partial charge in [-0.1, -0.05) is 72.3 Å². The third kappa shape index (κ3) is 10.8. The van der Waals surface area contributed by atoms with E-state index in [2.05, 4.69) is 31.0 Å². The maximum Gasteiger partial charge on any atom is 0.330 e. The third-order valence-corrected chi connectivity index (χ3v) is 7.97. The molecule has 12 nitrogen and oxygen atoms in total. The SMILES string of the molecule is COC(=O)[C@H](CO)NC(=O)[C@@H](Cc1cccnc1)NC(=O)[C@@H](Cc1ccc(Cl)cc1)NC(=O)[C@@H](Cc1ccc2ccccc2c1)NC(C)=O. The zero-order valence-electron chi connectivity index (χ0n) is 27.0. The van der Waals surface area contributed by atoms with Crippen LogP contribution in [0.3, 0.4) is 0 Å². The number of ether oxygens (including phenoxy) is 1. The topological polar surface area (TPSA) is 176 Å². The van der Waals surface area contributed by atoms with Crippen LogP contribution in [-0.4, -0.2) is 77.6 Å². The van der Waals surface area contributed by atoms with Gasteiger partial charge in [0, 0.05) is 43.6 Å². The van der Waals surface area contributed by atoms with Crippen LogP contribution in [-0.2, 0) is 48.0 Å². The number of halogens is 1. The van der Waals surface area contributed by atoms with Crippen molar-refractivity contribution in [3.63, 3.8) is 0 Å². The Hall–Kier alpha value is -5.33. The van der Waals surface area contributed by atoms with E-state index in [0.717, 1.165) is 23.4 Å². The predicted molar refractivity (Wildman–Crippen MR) is 183 cm³/mol. The van der Waals surface area contributed by atoms with Gasteiger partial charge < -0.3 is 31.1 Å². The molecule has 0 bridgehead atoms. The smallest absolute Gasteiger partial charge is 0.330 e. The minimum absolute atomic E-state index is 0.0141. The molecule has 256 valence electrons. The van der Waals surface area contributed by atoms with Gasteiger partial charge in [-0.3, -0.25) is 24.2 Å². The summed E-state index contributed by atoms with van der Waals surface area (Å²) in [6.45, 7) is 0.567. The molecule has 0 saturated carbocycles. The molecule has 0 fully saturated rings. The fourth-order valence-corrected chi connectivity index (χ4v) is 5.35. The van der Waals surface area contributed by atoms with Gasteiger partial charge in [-0.2, -0.15) is 0 Å². The van der Waals surface area contributed by atoms with E-state index in [0.29, 0.717) is 16.1 Å². The van der Waals surface area contributed by atoms with E-state index in [4.69, 9.17) is 11.6 Å². The molecular formula is C36H38ClN5O7. The summed E-state index contributed by atoms with van der Waals surface area (Å²) in [7, 11) is 1.12. The lowest BCUT2D eigenvalue weighted by Gasteiger charge is -2.26. The molecule has 0 unspecified atom stereocenters. The summed E-state index contributed by atoms with van der Waals surface area (Å²) in [5, 5.41) is 22.7. The highest BCUT2D eigenvalue weighted by Crippen LogP contribution is 2.17. The summed E-state index contributed by atoms with van der Waals surface area (Å²) < 4.78 is 4.66. The number of methoxy groups -OCH3 is 1.